The first-order valence-corrected chi connectivity index (χ1v) is 7.96. The van der Waals surface area contributed by atoms with Crippen molar-refractivity contribution >= 4 is 21.6 Å². The Morgan fingerprint density at radius 2 is 2.10 bits per heavy atom. The molecule has 3 rings (SSSR count). The summed E-state index contributed by atoms with van der Waals surface area (Å²) >= 11 is 3.67. The molecule has 110 valence electrons. The largest absolute Gasteiger partial charge is 0.491 e. The average Bonchev–Trinajstić information content (AvgIpc) is 2.71. The van der Waals surface area contributed by atoms with Crippen LogP contribution >= 0.6 is 15.9 Å². The maximum atomic E-state index is 5.83. The summed E-state index contributed by atoms with van der Waals surface area (Å²) in [5.41, 5.74) is 3.74. The summed E-state index contributed by atoms with van der Waals surface area (Å²) < 4.78 is 6.98. The van der Waals surface area contributed by atoms with Crippen molar-refractivity contribution in [3.05, 3.63) is 58.1 Å². The van der Waals surface area contributed by atoms with Crippen molar-refractivity contribution in [2.75, 3.05) is 25.1 Å². The summed E-state index contributed by atoms with van der Waals surface area (Å²) in [5, 5.41) is 3.18. The molecule has 0 spiro atoms. The number of rotatable bonds is 3. The van der Waals surface area contributed by atoms with Crippen LogP contribution in [0.2, 0.25) is 0 Å². The van der Waals surface area contributed by atoms with Crippen LogP contribution in [-0.4, -0.2) is 20.2 Å². The van der Waals surface area contributed by atoms with Gasteiger partial charge in [-0.1, -0.05) is 40.2 Å². The number of anilines is 1. The van der Waals surface area contributed by atoms with Crippen LogP contribution in [0.4, 0.5) is 5.69 Å². The summed E-state index contributed by atoms with van der Waals surface area (Å²) in [6.45, 7) is 3.36. The minimum absolute atomic E-state index is 0.715. The number of hydrogen-bond acceptors (Lipinski definition) is 3. The predicted octanol–water partition coefficient (Wildman–Crippen LogP) is 3.57. The molecular weight excluding hydrogens is 328 g/mol. The second kappa shape index (κ2) is 6.50. The van der Waals surface area contributed by atoms with Crippen LogP contribution in [-0.2, 0) is 13.1 Å². The van der Waals surface area contributed by atoms with Gasteiger partial charge >= 0.3 is 0 Å². The quantitative estimate of drug-likeness (QED) is 0.919. The van der Waals surface area contributed by atoms with Gasteiger partial charge in [0.15, 0.2) is 0 Å². The monoisotopic (exact) mass is 346 g/mol. The molecule has 0 radical (unpaired) electrons. The third kappa shape index (κ3) is 3.22. The molecule has 1 aliphatic heterocycles. The van der Waals surface area contributed by atoms with Crippen LogP contribution in [0.3, 0.4) is 0 Å². The van der Waals surface area contributed by atoms with Crippen LogP contribution in [0.1, 0.15) is 11.1 Å². The molecule has 1 aliphatic rings. The molecule has 0 amide bonds. The highest BCUT2D eigenvalue weighted by atomic mass is 79.9. The number of hydrogen-bond donors (Lipinski definition) is 1. The summed E-state index contributed by atoms with van der Waals surface area (Å²) in [6, 6.07) is 14.8. The number of nitrogens with one attached hydrogen (secondary N) is 1. The van der Waals surface area contributed by atoms with Gasteiger partial charge in [0.2, 0.25) is 0 Å². The number of halogens is 1. The summed E-state index contributed by atoms with van der Waals surface area (Å²) in [6.07, 6.45) is 0. The van der Waals surface area contributed by atoms with Gasteiger partial charge in [-0.2, -0.15) is 0 Å². The van der Waals surface area contributed by atoms with Gasteiger partial charge in [0.05, 0.1) is 6.54 Å². The van der Waals surface area contributed by atoms with Gasteiger partial charge in [-0.05, 0) is 30.8 Å². The molecular formula is C17H19BrN2O. The van der Waals surface area contributed by atoms with E-state index in [4.69, 9.17) is 4.74 Å². The predicted molar refractivity (Wildman–Crippen MR) is 89.9 cm³/mol. The Morgan fingerprint density at radius 1 is 1.24 bits per heavy atom. The molecule has 2 aromatic carbocycles. The van der Waals surface area contributed by atoms with Crippen molar-refractivity contribution in [1.82, 2.24) is 5.32 Å². The van der Waals surface area contributed by atoms with Crippen molar-refractivity contribution < 1.29 is 4.74 Å². The van der Waals surface area contributed by atoms with E-state index in [1.165, 1.54) is 16.8 Å². The SMILES string of the molecule is CNCc1ccc(N2CCOc3ccccc3C2)cc1Br. The van der Waals surface area contributed by atoms with Crippen molar-refractivity contribution in [2.24, 2.45) is 0 Å². The first-order valence-electron chi connectivity index (χ1n) is 7.16. The maximum absolute atomic E-state index is 5.83. The van der Waals surface area contributed by atoms with Gasteiger partial charge in [-0.25, -0.2) is 0 Å². The van der Waals surface area contributed by atoms with Gasteiger partial charge in [-0.15, -0.1) is 0 Å². The van der Waals surface area contributed by atoms with E-state index >= 15 is 0 Å². The smallest absolute Gasteiger partial charge is 0.124 e. The molecule has 0 fully saturated rings. The zero-order valence-electron chi connectivity index (χ0n) is 12.1. The van der Waals surface area contributed by atoms with E-state index in [0.29, 0.717) is 6.61 Å². The van der Waals surface area contributed by atoms with Crippen LogP contribution in [0, 0.1) is 0 Å². The van der Waals surface area contributed by atoms with Crippen LogP contribution in [0.5, 0.6) is 5.75 Å². The second-order valence-corrected chi connectivity index (χ2v) is 6.04. The van der Waals surface area contributed by atoms with E-state index in [9.17, 15) is 0 Å². The Kier molecular flexibility index (Phi) is 4.46. The van der Waals surface area contributed by atoms with Crippen molar-refractivity contribution in [2.45, 2.75) is 13.1 Å². The third-order valence-corrected chi connectivity index (χ3v) is 4.46. The van der Waals surface area contributed by atoms with Crippen molar-refractivity contribution in [3.63, 3.8) is 0 Å². The van der Waals surface area contributed by atoms with Gasteiger partial charge in [0.1, 0.15) is 12.4 Å². The van der Waals surface area contributed by atoms with E-state index in [1.54, 1.807) is 0 Å². The van der Waals surface area contributed by atoms with Crippen molar-refractivity contribution in [3.8, 4) is 5.75 Å². The highest BCUT2D eigenvalue weighted by molar-refractivity contribution is 9.10. The molecule has 4 heteroatoms. The fourth-order valence-electron chi connectivity index (χ4n) is 2.61. The first kappa shape index (κ1) is 14.4. The van der Waals surface area contributed by atoms with E-state index in [1.807, 2.05) is 19.2 Å². The lowest BCUT2D eigenvalue weighted by atomic mass is 10.1. The van der Waals surface area contributed by atoms with Gasteiger partial charge < -0.3 is 15.0 Å². The van der Waals surface area contributed by atoms with E-state index in [-0.39, 0.29) is 0 Å². The minimum Gasteiger partial charge on any atom is -0.491 e. The van der Waals surface area contributed by atoms with Crippen LogP contribution in [0.15, 0.2) is 46.9 Å². The Balaban J connectivity index is 1.85. The second-order valence-electron chi connectivity index (χ2n) is 5.18. The Hall–Kier alpha value is -1.52. The molecule has 1 heterocycles. The Morgan fingerprint density at radius 3 is 2.90 bits per heavy atom. The topological polar surface area (TPSA) is 24.5 Å². The minimum atomic E-state index is 0.715. The molecule has 0 aromatic heterocycles. The molecule has 1 N–H and O–H groups in total. The van der Waals surface area contributed by atoms with Gasteiger partial charge in [-0.3, -0.25) is 0 Å². The van der Waals surface area contributed by atoms with Gasteiger partial charge in [0, 0.05) is 28.8 Å². The highest BCUT2D eigenvalue weighted by Crippen LogP contribution is 2.29. The van der Waals surface area contributed by atoms with Gasteiger partial charge in [0.25, 0.3) is 0 Å². The molecule has 0 unspecified atom stereocenters. The zero-order chi connectivity index (χ0) is 14.7. The molecule has 21 heavy (non-hydrogen) atoms. The third-order valence-electron chi connectivity index (χ3n) is 3.72. The maximum Gasteiger partial charge on any atom is 0.124 e. The fourth-order valence-corrected chi connectivity index (χ4v) is 3.12. The molecule has 0 bridgehead atoms. The molecule has 0 saturated carbocycles. The average molecular weight is 347 g/mol. The normalized spacial score (nSPS) is 14.3. The number of ether oxygens (including phenoxy) is 1. The number of nitrogens with zero attached hydrogens (tertiary/aromatic N) is 1. The molecule has 0 saturated heterocycles. The molecule has 3 nitrogen and oxygen atoms in total. The Labute approximate surface area is 134 Å². The van der Waals surface area contributed by atoms with Crippen LogP contribution in [0.25, 0.3) is 0 Å². The molecule has 2 aromatic rings. The summed E-state index contributed by atoms with van der Waals surface area (Å²) in [7, 11) is 1.96. The Bertz CT molecular complexity index is 630. The summed E-state index contributed by atoms with van der Waals surface area (Å²) in [5.74, 6) is 1.01. The lowest BCUT2D eigenvalue weighted by Crippen LogP contribution is -2.25. The number of para-hydroxylation sites is 1. The highest BCUT2D eigenvalue weighted by Gasteiger charge is 2.16. The number of benzene rings is 2. The van der Waals surface area contributed by atoms with E-state index in [0.717, 1.165) is 29.9 Å². The lowest BCUT2D eigenvalue weighted by Gasteiger charge is -2.23. The fraction of sp³-hybridized carbons (Fsp3) is 0.294. The molecule has 0 aliphatic carbocycles. The first-order chi connectivity index (χ1) is 10.3. The lowest BCUT2D eigenvalue weighted by molar-refractivity contribution is 0.331. The number of fused-ring (bicyclic) bond motifs is 1. The zero-order valence-corrected chi connectivity index (χ0v) is 13.7. The van der Waals surface area contributed by atoms with Crippen molar-refractivity contribution in [1.29, 1.82) is 0 Å². The summed E-state index contributed by atoms with van der Waals surface area (Å²) in [4.78, 5) is 2.36. The molecule has 0 atom stereocenters. The van der Waals surface area contributed by atoms with E-state index < -0.39 is 0 Å². The van der Waals surface area contributed by atoms with E-state index in [2.05, 4.69) is 56.5 Å². The standard InChI is InChI=1S/C17H19BrN2O/c1-19-11-13-6-7-15(10-16(13)18)20-8-9-21-17-5-3-2-4-14(17)12-20/h2-7,10,19H,8-9,11-12H2,1H3. The van der Waals surface area contributed by atoms with Crippen LogP contribution < -0.4 is 15.0 Å².